The predicted molar refractivity (Wildman–Crippen MR) is 132 cm³/mol. The van der Waals surface area contributed by atoms with Crippen molar-refractivity contribution in [2.45, 2.75) is 31.3 Å². The maximum absolute atomic E-state index is 14.2. The Labute approximate surface area is 198 Å². The minimum Gasteiger partial charge on any atom is -0.352 e. The van der Waals surface area contributed by atoms with Crippen molar-refractivity contribution in [2.75, 3.05) is 10.2 Å². The first-order valence-corrected chi connectivity index (χ1v) is 11.5. The lowest BCUT2D eigenvalue weighted by Gasteiger charge is -2.39. The Balaban J connectivity index is 1.69. The van der Waals surface area contributed by atoms with Crippen molar-refractivity contribution >= 4 is 34.4 Å². The second-order valence-corrected chi connectivity index (χ2v) is 9.35. The summed E-state index contributed by atoms with van der Waals surface area (Å²) >= 11 is 0. The fraction of sp³-hybridized carbons (Fsp3) is 0.207. The Kier molecular flexibility index (Phi) is 4.40. The molecule has 6 rings (SSSR count). The molecule has 1 spiro atoms. The van der Waals surface area contributed by atoms with E-state index in [1.54, 1.807) is 12.1 Å². The van der Waals surface area contributed by atoms with Crippen LogP contribution in [0, 0.1) is 5.92 Å². The molecule has 1 amide bonds. The monoisotopic (exact) mass is 448 g/mol. The summed E-state index contributed by atoms with van der Waals surface area (Å²) in [5.41, 5.74) is 3.68. The molecule has 5 heteroatoms. The van der Waals surface area contributed by atoms with Crippen molar-refractivity contribution in [3.63, 3.8) is 0 Å². The summed E-state index contributed by atoms with van der Waals surface area (Å²) in [6.07, 6.45) is 2.07. The fourth-order valence-corrected chi connectivity index (χ4v) is 6.32. The van der Waals surface area contributed by atoms with Gasteiger partial charge >= 0.3 is 0 Å². The van der Waals surface area contributed by atoms with Crippen molar-refractivity contribution in [3.05, 3.63) is 102 Å². The average Bonchev–Trinajstić information content (AvgIpc) is 3.32. The topological polar surface area (TPSA) is 66.5 Å². The zero-order chi connectivity index (χ0) is 23.6. The third-order valence-corrected chi connectivity index (χ3v) is 7.64. The number of amides is 1. The molecule has 1 fully saturated rings. The molecule has 3 aliphatic rings. The van der Waals surface area contributed by atoms with Gasteiger partial charge in [0.15, 0.2) is 11.6 Å². The summed E-state index contributed by atoms with van der Waals surface area (Å²) in [7, 11) is 0. The van der Waals surface area contributed by atoms with Gasteiger partial charge in [0.25, 0.3) is 0 Å². The number of carbonyl (C=O) groups is 3. The Morgan fingerprint density at radius 3 is 2.35 bits per heavy atom. The van der Waals surface area contributed by atoms with Crippen molar-refractivity contribution in [3.8, 4) is 0 Å². The Bertz CT molecular complexity index is 1390. The van der Waals surface area contributed by atoms with Gasteiger partial charge in [-0.05, 0) is 37.1 Å². The maximum Gasteiger partial charge on any atom is 0.238 e. The number of nitrogens with one attached hydrogen (secondary N) is 1. The van der Waals surface area contributed by atoms with Crippen molar-refractivity contribution in [1.82, 2.24) is 0 Å². The number of hydrogen-bond acceptors (Lipinski definition) is 4. The van der Waals surface area contributed by atoms with Gasteiger partial charge in [-0.25, -0.2) is 0 Å². The van der Waals surface area contributed by atoms with E-state index < -0.39 is 23.4 Å². The number of rotatable bonds is 3. The van der Waals surface area contributed by atoms with Crippen LogP contribution in [0.25, 0.3) is 5.57 Å². The fourth-order valence-electron chi connectivity index (χ4n) is 6.32. The smallest absolute Gasteiger partial charge is 0.238 e. The van der Waals surface area contributed by atoms with E-state index >= 15 is 0 Å². The molecule has 0 unspecified atom stereocenters. The molecule has 0 aromatic heterocycles. The summed E-state index contributed by atoms with van der Waals surface area (Å²) in [4.78, 5) is 43.6. The largest absolute Gasteiger partial charge is 0.352 e. The molecule has 3 aromatic rings. The van der Waals surface area contributed by atoms with Crippen LogP contribution in [0.3, 0.4) is 0 Å². The molecule has 0 bridgehead atoms. The normalized spacial score (nSPS) is 26.4. The highest BCUT2D eigenvalue weighted by Crippen LogP contribution is 2.58. The number of para-hydroxylation sites is 2. The molecule has 1 N–H and O–H groups in total. The molecule has 34 heavy (non-hydrogen) atoms. The molecule has 0 aliphatic carbocycles. The van der Waals surface area contributed by atoms with E-state index in [-0.39, 0.29) is 17.5 Å². The molecule has 1 saturated heterocycles. The predicted octanol–water partition coefficient (Wildman–Crippen LogP) is 4.64. The SMILES string of the molecule is CC(=O)[C@@H]1[C@H](C(=O)c2ccccc2)[C@@]2(C(=O)Nc3ccccc32)[C@H]2C=C(C)c3ccccc3N12. The molecular formula is C29H24N2O3. The summed E-state index contributed by atoms with van der Waals surface area (Å²) < 4.78 is 0. The van der Waals surface area contributed by atoms with Gasteiger partial charge in [0, 0.05) is 22.5 Å². The van der Waals surface area contributed by atoms with Crippen LogP contribution in [0.2, 0.25) is 0 Å². The molecular weight excluding hydrogens is 424 g/mol. The number of ketones is 2. The summed E-state index contributed by atoms with van der Waals surface area (Å²) in [6.45, 7) is 3.55. The van der Waals surface area contributed by atoms with Crippen LogP contribution in [-0.2, 0) is 15.0 Å². The Morgan fingerprint density at radius 2 is 1.59 bits per heavy atom. The Morgan fingerprint density at radius 1 is 0.912 bits per heavy atom. The number of hydrogen-bond donors (Lipinski definition) is 1. The zero-order valence-corrected chi connectivity index (χ0v) is 19.0. The van der Waals surface area contributed by atoms with Gasteiger partial charge in [0.1, 0.15) is 5.41 Å². The first kappa shape index (κ1) is 20.6. The lowest BCUT2D eigenvalue weighted by Crippen LogP contribution is -2.51. The standard InChI is InChI=1S/C29H24N2O3/c1-17-16-24-29(21-13-7-8-14-22(21)30-28(29)34)25(27(33)19-10-4-3-5-11-19)26(18(2)32)31(24)23-15-9-6-12-20(17)23/h3-16,24-26H,1-2H3,(H,30,34)/t24-,25-,26-,29+/m1/s1. The van der Waals surface area contributed by atoms with Gasteiger partial charge in [-0.2, -0.15) is 0 Å². The molecule has 4 atom stereocenters. The second kappa shape index (κ2) is 7.26. The van der Waals surface area contributed by atoms with Crippen molar-refractivity contribution in [1.29, 1.82) is 0 Å². The van der Waals surface area contributed by atoms with Gasteiger partial charge in [0.05, 0.1) is 18.0 Å². The van der Waals surface area contributed by atoms with Gasteiger partial charge in [-0.1, -0.05) is 72.8 Å². The minimum absolute atomic E-state index is 0.129. The summed E-state index contributed by atoms with van der Waals surface area (Å²) in [5, 5.41) is 3.04. The molecule has 3 aromatic carbocycles. The van der Waals surface area contributed by atoms with Crippen LogP contribution in [0.15, 0.2) is 84.9 Å². The number of fused-ring (bicyclic) bond motifs is 6. The molecule has 0 radical (unpaired) electrons. The lowest BCUT2D eigenvalue weighted by molar-refractivity contribution is -0.122. The van der Waals surface area contributed by atoms with E-state index in [0.29, 0.717) is 11.3 Å². The number of Topliss-reactive ketones (excluding diaryl/α,β-unsaturated/α-hetero) is 2. The average molecular weight is 449 g/mol. The summed E-state index contributed by atoms with van der Waals surface area (Å²) in [5.74, 6) is -1.43. The van der Waals surface area contributed by atoms with E-state index in [1.165, 1.54) is 6.92 Å². The third kappa shape index (κ3) is 2.52. The molecule has 168 valence electrons. The number of nitrogens with zero attached hydrogens (tertiary/aromatic N) is 1. The van der Waals surface area contributed by atoms with E-state index in [9.17, 15) is 14.4 Å². The number of benzene rings is 3. The van der Waals surface area contributed by atoms with E-state index in [4.69, 9.17) is 0 Å². The van der Waals surface area contributed by atoms with Crippen LogP contribution in [-0.4, -0.2) is 29.6 Å². The van der Waals surface area contributed by atoms with Crippen LogP contribution < -0.4 is 10.2 Å². The van der Waals surface area contributed by atoms with E-state index in [0.717, 1.165) is 22.4 Å². The third-order valence-electron chi connectivity index (χ3n) is 7.64. The molecule has 3 heterocycles. The van der Waals surface area contributed by atoms with Crippen LogP contribution >= 0.6 is 0 Å². The van der Waals surface area contributed by atoms with Gasteiger partial charge < -0.3 is 10.2 Å². The molecule has 0 saturated carbocycles. The highest BCUT2D eigenvalue weighted by Gasteiger charge is 2.70. The Hall–Kier alpha value is -3.99. The molecule has 3 aliphatic heterocycles. The van der Waals surface area contributed by atoms with E-state index in [2.05, 4.69) is 11.4 Å². The van der Waals surface area contributed by atoms with Gasteiger partial charge in [0.2, 0.25) is 5.91 Å². The highest BCUT2D eigenvalue weighted by atomic mass is 16.2. The van der Waals surface area contributed by atoms with Gasteiger partial charge in [-0.3, -0.25) is 14.4 Å². The van der Waals surface area contributed by atoms with E-state index in [1.807, 2.05) is 78.6 Å². The highest BCUT2D eigenvalue weighted by molar-refractivity contribution is 6.16. The number of anilines is 2. The van der Waals surface area contributed by atoms with Crippen molar-refractivity contribution < 1.29 is 14.4 Å². The van der Waals surface area contributed by atoms with Crippen LogP contribution in [0.1, 0.15) is 35.3 Å². The number of allylic oxidation sites excluding steroid dienone is 1. The first-order valence-electron chi connectivity index (χ1n) is 11.5. The quantitative estimate of drug-likeness (QED) is 0.593. The maximum atomic E-state index is 14.2. The van der Waals surface area contributed by atoms with Crippen LogP contribution in [0.4, 0.5) is 11.4 Å². The number of carbonyl (C=O) groups excluding carboxylic acids is 3. The van der Waals surface area contributed by atoms with Crippen LogP contribution in [0.5, 0.6) is 0 Å². The lowest BCUT2D eigenvalue weighted by atomic mass is 9.64. The summed E-state index contributed by atoms with van der Waals surface area (Å²) in [6, 6.07) is 23.2. The first-order chi connectivity index (χ1) is 16.5. The molecule has 5 nitrogen and oxygen atoms in total. The van der Waals surface area contributed by atoms with Gasteiger partial charge in [-0.15, -0.1) is 0 Å². The second-order valence-electron chi connectivity index (χ2n) is 9.35. The van der Waals surface area contributed by atoms with Crippen molar-refractivity contribution in [2.24, 2.45) is 5.92 Å². The zero-order valence-electron chi connectivity index (χ0n) is 19.0. The minimum atomic E-state index is -1.23.